The van der Waals surface area contributed by atoms with Gasteiger partial charge in [-0.3, -0.25) is 0 Å². The Hall–Kier alpha value is -3.55. The number of hydrogen-bond acceptors (Lipinski definition) is 6. The summed E-state index contributed by atoms with van der Waals surface area (Å²) in [7, 11) is 0. The van der Waals surface area contributed by atoms with Crippen LogP contribution in [-0.4, -0.2) is 36.4 Å². The number of hydrogen-bond donors (Lipinski definition) is 2. The van der Waals surface area contributed by atoms with Crippen molar-refractivity contribution in [2.24, 2.45) is 0 Å². The van der Waals surface area contributed by atoms with Crippen LogP contribution >= 0.6 is 0 Å². The third-order valence-electron chi connectivity index (χ3n) is 4.33. The molecule has 0 spiro atoms. The van der Waals surface area contributed by atoms with Crippen LogP contribution in [0, 0.1) is 0 Å². The summed E-state index contributed by atoms with van der Waals surface area (Å²) >= 11 is 0. The van der Waals surface area contributed by atoms with E-state index in [-0.39, 0.29) is 18.7 Å². The average molecular weight is 442 g/mol. The van der Waals surface area contributed by atoms with Gasteiger partial charge in [-0.1, -0.05) is 30.3 Å². The second-order valence-electron chi connectivity index (χ2n) is 8.22. The molecule has 0 aliphatic rings. The van der Waals surface area contributed by atoms with Crippen molar-refractivity contribution in [2.45, 2.75) is 32.8 Å². The number of nitrogens with zero attached hydrogens (tertiary/aromatic N) is 1. The van der Waals surface area contributed by atoms with Crippen molar-refractivity contribution in [3.05, 3.63) is 66.0 Å². The lowest BCUT2D eigenvalue weighted by atomic mass is 10.1. The van der Waals surface area contributed by atoms with E-state index in [2.05, 4.69) is 27.8 Å². The molecule has 0 aliphatic carbocycles. The number of ether oxygens (including phenoxy) is 2. The molecule has 32 heavy (non-hydrogen) atoms. The zero-order chi connectivity index (χ0) is 23.0. The lowest BCUT2D eigenvalue weighted by molar-refractivity contribution is 0.0531. The molecule has 0 aliphatic heterocycles. The van der Waals surface area contributed by atoms with Crippen LogP contribution in [0.15, 0.2) is 64.9 Å². The van der Waals surface area contributed by atoms with Crippen molar-refractivity contribution in [3.63, 3.8) is 0 Å². The van der Waals surface area contributed by atoms with Gasteiger partial charge in [0, 0.05) is 24.7 Å². The summed E-state index contributed by atoms with van der Waals surface area (Å²) in [6, 6.07) is 15.8. The van der Waals surface area contributed by atoms with Crippen molar-refractivity contribution in [1.82, 2.24) is 10.3 Å². The monoisotopic (exact) mass is 441 g/mol. The van der Waals surface area contributed by atoms with E-state index in [1.807, 2.05) is 18.2 Å². The number of halogens is 1. The third-order valence-corrected chi connectivity index (χ3v) is 4.33. The Morgan fingerprint density at radius 2 is 1.97 bits per heavy atom. The van der Waals surface area contributed by atoms with Gasteiger partial charge in [-0.25, -0.2) is 9.18 Å². The molecule has 7 nitrogen and oxygen atoms in total. The van der Waals surface area contributed by atoms with E-state index in [4.69, 9.17) is 13.9 Å². The Balaban J connectivity index is 1.50. The number of amides is 1. The number of aromatic nitrogens is 1. The molecule has 1 aromatic heterocycles. The van der Waals surface area contributed by atoms with Crippen LogP contribution in [0.1, 0.15) is 26.3 Å². The fourth-order valence-corrected chi connectivity index (χ4v) is 2.83. The summed E-state index contributed by atoms with van der Waals surface area (Å²) < 4.78 is 29.7. The molecule has 1 amide bonds. The van der Waals surface area contributed by atoms with Gasteiger partial charge in [0.05, 0.1) is 6.33 Å². The van der Waals surface area contributed by atoms with Gasteiger partial charge >= 0.3 is 6.09 Å². The highest BCUT2D eigenvalue weighted by atomic mass is 19.1. The minimum atomic E-state index is -0.623. The first-order valence-corrected chi connectivity index (χ1v) is 10.4. The quantitative estimate of drug-likeness (QED) is 0.472. The summed E-state index contributed by atoms with van der Waals surface area (Å²) in [5, 5.41) is 5.68. The van der Waals surface area contributed by atoms with Crippen LogP contribution in [0.25, 0.3) is 11.1 Å². The molecular weight excluding hydrogens is 413 g/mol. The SMILES string of the molecule is CC(C)(C)OC(=O)NC/C(=C\F)COc1ccc2nc(NCCc3ccccc3)oc2c1. The minimum absolute atomic E-state index is 0.0224. The van der Waals surface area contributed by atoms with Crippen molar-refractivity contribution in [1.29, 1.82) is 0 Å². The maximum absolute atomic E-state index is 13.2. The molecule has 0 saturated carbocycles. The zero-order valence-corrected chi connectivity index (χ0v) is 18.5. The van der Waals surface area contributed by atoms with E-state index in [1.54, 1.807) is 39.0 Å². The van der Waals surface area contributed by atoms with E-state index in [0.717, 1.165) is 6.42 Å². The predicted molar refractivity (Wildman–Crippen MR) is 122 cm³/mol. The first kappa shape index (κ1) is 23.1. The molecule has 2 N–H and O–H groups in total. The Bertz CT molecular complexity index is 1060. The number of anilines is 1. The largest absolute Gasteiger partial charge is 0.489 e. The van der Waals surface area contributed by atoms with Crippen LogP contribution in [-0.2, 0) is 11.2 Å². The molecule has 1 heterocycles. The molecule has 0 fully saturated rings. The van der Waals surface area contributed by atoms with E-state index >= 15 is 0 Å². The van der Waals surface area contributed by atoms with E-state index in [1.165, 1.54) is 5.56 Å². The van der Waals surface area contributed by atoms with Gasteiger partial charge in [0.2, 0.25) is 0 Å². The second-order valence-corrected chi connectivity index (χ2v) is 8.22. The van der Waals surface area contributed by atoms with Gasteiger partial charge in [0.15, 0.2) is 5.58 Å². The van der Waals surface area contributed by atoms with Crippen LogP contribution in [0.4, 0.5) is 15.2 Å². The van der Waals surface area contributed by atoms with Crippen molar-refractivity contribution in [3.8, 4) is 5.75 Å². The molecule has 3 rings (SSSR count). The van der Waals surface area contributed by atoms with Gasteiger partial charge in [0.1, 0.15) is 23.5 Å². The number of carbonyl (C=O) groups is 1. The molecular formula is C24H28FN3O4. The van der Waals surface area contributed by atoms with E-state index < -0.39 is 11.7 Å². The molecule has 170 valence electrons. The standard InChI is InChI=1S/C24H28FN3O4/c1-24(2,3)32-23(29)27-15-18(14-25)16-30-19-9-10-20-21(13-19)31-22(28-20)26-12-11-17-7-5-4-6-8-17/h4-10,13-14H,11-12,15-16H2,1-3H3,(H,26,28)(H,27,29)/b18-14+. The number of rotatable bonds is 9. The molecule has 0 atom stereocenters. The van der Waals surface area contributed by atoms with E-state index in [0.29, 0.717) is 35.7 Å². The molecule has 0 unspecified atom stereocenters. The number of alkyl carbamates (subject to hydrolysis) is 1. The maximum Gasteiger partial charge on any atom is 0.407 e. The number of oxazole rings is 1. The van der Waals surface area contributed by atoms with Gasteiger partial charge in [-0.05, 0) is 44.9 Å². The highest BCUT2D eigenvalue weighted by Gasteiger charge is 2.16. The minimum Gasteiger partial charge on any atom is -0.489 e. The summed E-state index contributed by atoms with van der Waals surface area (Å²) in [6.07, 6.45) is 0.648. The highest BCUT2D eigenvalue weighted by molar-refractivity contribution is 5.76. The smallest absolute Gasteiger partial charge is 0.407 e. The van der Waals surface area contributed by atoms with E-state index in [9.17, 15) is 9.18 Å². The van der Waals surface area contributed by atoms with Gasteiger partial charge < -0.3 is 24.5 Å². The lowest BCUT2D eigenvalue weighted by Gasteiger charge is -2.20. The summed E-state index contributed by atoms with van der Waals surface area (Å²) in [5.74, 6) is 0.501. The van der Waals surface area contributed by atoms with Crippen LogP contribution < -0.4 is 15.4 Å². The third kappa shape index (κ3) is 7.30. The predicted octanol–water partition coefficient (Wildman–Crippen LogP) is 5.24. The molecule has 3 aromatic rings. The summed E-state index contributed by atoms with van der Waals surface area (Å²) in [4.78, 5) is 16.1. The fourth-order valence-electron chi connectivity index (χ4n) is 2.83. The Labute approximate surface area is 186 Å². The lowest BCUT2D eigenvalue weighted by Crippen LogP contribution is -2.34. The number of nitrogens with one attached hydrogen (secondary N) is 2. The van der Waals surface area contributed by atoms with Crippen LogP contribution in [0.5, 0.6) is 5.75 Å². The second kappa shape index (κ2) is 10.7. The summed E-state index contributed by atoms with van der Waals surface area (Å²) in [5.41, 5.74) is 2.11. The number of carbonyl (C=O) groups excluding carboxylic acids is 1. The van der Waals surface area contributed by atoms with Gasteiger partial charge in [-0.2, -0.15) is 4.98 Å². The Morgan fingerprint density at radius 3 is 2.69 bits per heavy atom. The van der Waals surface area contributed by atoms with Crippen molar-refractivity contribution < 1.29 is 23.1 Å². The topological polar surface area (TPSA) is 85.6 Å². The normalized spacial score (nSPS) is 11.9. The Kier molecular flexibility index (Phi) is 7.70. The number of benzene rings is 2. The van der Waals surface area contributed by atoms with Crippen LogP contribution in [0.3, 0.4) is 0 Å². The highest BCUT2D eigenvalue weighted by Crippen LogP contribution is 2.24. The number of fused-ring (bicyclic) bond motifs is 1. The molecule has 2 aromatic carbocycles. The zero-order valence-electron chi connectivity index (χ0n) is 18.5. The first-order valence-electron chi connectivity index (χ1n) is 10.4. The van der Waals surface area contributed by atoms with Crippen molar-refractivity contribution >= 4 is 23.2 Å². The first-order chi connectivity index (χ1) is 15.3. The van der Waals surface area contributed by atoms with Crippen molar-refractivity contribution in [2.75, 3.05) is 25.0 Å². The molecule has 0 radical (unpaired) electrons. The van der Waals surface area contributed by atoms with Gasteiger partial charge in [-0.15, -0.1) is 0 Å². The fraction of sp³-hybridized carbons (Fsp3) is 0.333. The molecule has 0 bridgehead atoms. The van der Waals surface area contributed by atoms with Gasteiger partial charge in [0.25, 0.3) is 6.01 Å². The maximum atomic E-state index is 13.2. The summed E-state index contributed by atoms with van der Waals surface area (Å²) in [6.45, 7) is 5.90. The molecule has 8 heteroatoms. The average Bonchev–Trinajstić information content (AvgIpc) is 3.15. The molecule has 0 saturated heterocycles. The van der Waals surface area contributed by atoms with Crippen LogP contribution in [0.2, 0.25) is 0 Å². The Morgan fingerprint density at radius 1 is 1.19 bits per heavy atom.